The van der Waals surface area contributed by atoms with Crippen LogP contribution in [0.4, 0.5) is 9.59 Å². The van der Waals surface area contributed by atoms with Gasteiger partial charge in [0.25, 0.3) is 0 Å². The van der Waals surface area contributed by atoms with E-state index in [1.54, 1.807) is 20.8 Å². The van der Waals surface area contributed by atoms with Crippen LogP contribution in [0, 0.1) is 17.8 Å². The van der Waals surface area contributed by atoms with Gasteiger partial charge in [0.2, 0.25) is 0 Å². The highest BCUT2D eigenvalue weighted by atomic mass is 16.7. The highest BCUT2D eigenvalue weighted by Gasteiger charge is 2.23. The van der Waals surface area contributed by atoms with Gasteiger partial charge in [-0.15, -0.1) is 0 Å². The molecule has 1 aromatic carbocycles. The fourth-order valence-corrected chi connectivity index (χ4v) is 2.72. The first-order valence-corrected chi connectivity index (χ1v) is 12.3. The number of ether oxygens (including phenoxy) is 5. The number of carboxylic acid groups (broad SMARTS) is 1. The van der Waals surface area contributed by atoms with E-state index in [0.29, 0.717) is 5.56 Å². The van der Waals surface area contributed by atoms with Crippen LogP contribution in [0.1, 0.15) is 54.0 Å². The quantitative estimate of drug-likeness (QED) is 0.205. The summed E-state index contributed by atoms with van der Waals surface area (Å²) in [5, 5.41) is 12.5. The van der Waals surface area contributed by atoms with E-state index < -0.39 is 30.4 Å². The minimum atomic E-state index is -1.13. The van der Waals surface area contributed by atoms with Crippen molar-refractivity contribution < 1.29 is 48.0 Å². The van der Waals surface area contributed by atoms with Gasteiger partial charge in [-0.2, -0.15) is 0 Å². The molecule has 11 heteroatoms. The third-order valence-corrected chi connectivity index (χ3v) is 4.64. The van der Waals surface area contributed by atoms with Crippen molar-refractivity contribution in [2.24, 2.45) is 17.8 Å². The van der Waals surface area contributed by atoms with E-state index in [0.717, 1.165) is 0 Å². The average Bonchev–Trinajstić information content (AvgIpc) is 2.80. The molecular formula is C26H39NO10. The number of rotatable bonds is 14. The maximum Gasteiger partial charge on any atom is 0.513 e. The van der Waals surface area contributed by atoms with Gasteiger partial charge >= 0.3 is 24.2 Å². The van der Waals surface area contributed by atoms with E-state index in [9.17, 15) is 24.3 Å². The summed E-state index contributed by atoms with van der Waals surface area (Å²) >= 11 is 0. The molecule has 0 aliphatic carbocycles. The molecule has 0 saturated heterocycles. The van der Waals surface area contributed by atoms with Gasteiger partial charge in [0, 0.05) is 6.54 Å². The lowest BCUT2D eigenvalue weighted by molar-refractivity contribution is -0.151. The topological polar surface area (TPSA) is 147 Å². The van der Waals surface area contributed by atoms with Crippen molar-refractivity contribution in [3.8, 4) is 11.5 Å². The molecule has 11 nitrogen and oxygen atoms in total. The molecule has 0 spiro atoms. The Bertz CT molecular complexity index is 913. The number of carbonyl (C=O) groups excluding carboxylic acids is 3. The standard InChI is InChI=1S/C26H39NO10/c1-15(2)13-33-25(31)36-21-9-8-19(11-22(21)37-26(32)34-14-16(3)4)10-20(23(28)29)27-12-18(7)35-24(30)17(5)6/h8-9,11,15-18,20,27H,10,12-14H2,1-7H3,(H,28,29)/t18?,20-/m0/s1. The van der Waals surface area contributed by atoms with Gasteiger partial charge in [-0.05, 0) is 42.9 Å². The Balaban J connectivity index is 3.01. The first kappa shape index (κ1) is 31.7. The van der Waals surface area contributed by atoms with Gasteiger partial charge < -0.3 is 34.1 Å². The lowest BCUT2D eigenvalue weighted by Crippen LogP contribution is -2.43. The zero-order chi connectivity index (χ0) is 28.1. The highest BCUT2D eigenvalue weighted by Crippen LogP contribution is 2.30. The second-order valence-corrected chi connectivity index (χ2v) is 9.80. The minimum absolute atomic E-state index is 0.00431. The van der Waals surface area contributed by atoms with Crippen LogP contribution in [-0.4, -0.2) is 61.3 Å². The molecule has 0 aromatic heterocycles. The number of hydrogen-bond acceptors (Lipinski definition) is 10. The minimum Gasteiger partial charge on any atom is -0.480 e. The molecule has 0 heterocycles. The summed E-state index contributed by atoms with van der Waals surface area (Å²) in [5.74, 6) is -1.86. The second kappa shape index (κ2) is 15.7. The first-order valence-electron chi connectivity index (χ1n) is 12.3. The average molecular weight is 526 g/mol. The normalized spacial score (nSPS) is 12.7. The van der Waals surface area contributed by atoms with E-state index in [4.69, 9.17) is 23.7 Å². The van der Waals surface area contributed by atoms with Crippen LogP contribution in [0.3, 0.4) is 0 Å². The number of carbonyl (C=O) groups is 4. The SMILES string of the molecule is CC(C)COC(=O)Oc1ccc(C[C@H](NCC(C)OC(=O)C(C)C)C(=O)O)cc1OC(=O)OCC(C)C. The Morgan fingerprint density at radius 3 is 1.86 bits per heavy atom. The molecule has 1 aromatic rings. The van der Waals surface area contributed by atoms with E-state index in [1.807, 2.05) is 27.7 Å². The molecule has 208 valence electrons. The Labute approximate surface area is 217 Å². The Kier molecular flexibility index (Phi) is 13.4. The number of aliphatic carboxylic acids is 1. The lowest BCUT2D eigenvalue weighted by atomic mass is 10.0. The molecular weight excluding hydrogens is 486 g/mol. The summed E-state index contributed by atoms with van der Waals surface area (Å²) in [7, 11) is 0. The van der Waals surface area contributed by atoms with E-state index in [-0.39, 0.29) is 61.4 Å². The number of nitrogens with one attached hydrogen (secondary N) is 1. The number of carboxylic acids is 1. The Hall–Kier alpha value is -3.34. The predicted octanol–water partition coefficient (Wildman–Crippen LogP) is 4.20. The number of esters is 1. The van der Waals surface area contributed by atoms with Crippen LogP contribution in [0.5, 0.6) is 11.5 Å². The zero-order valence-corrected chi connectivity index (χ0v) is 22.6. The summed E-state index contributed by atoms with van der Waals surface area (Å²) in [6.07, 6.45) is -2.52. The Morgan fingerprint density at radius 2 is 1.38 bits per heavy atom. The predicted molar refractivity (Wildman–Crippen MR) is 134 cm³/mol. The van der Waals surface area contributed by atoms with Crippen molar-refractivity contribution in [2.45, 2.75) is 67.0 Å². The van der Waals surface area contributed by atoms with Crippen LogP contribution in [0.2, 0.25) is 0 Å². The van der Waals surface area contributed by atoms with Gasteiger partial charge in [-0.3, -0.25) is 9.59 Å². The van der Waals surface area contributed by atoms with Crippen molar-refractivity contribution in [1.82, 2.24) is 5.32 Å². The van der Waals surface area contributed by atoms with Crippen LogP contribution in [0.15, 0.2) is 18.2 Å². The monoisotopic (exact) mass is 525 g/mol. The van der Waals surface area contributed by atoms with Crippen molar-refractivity contribution >= 4 is 24.2 Å². The smallest absolute Gasteiger partial charge is 0.480 e. The summed E-state index contributed by atoms with van der Waals surface area (Å²) in [4.78, 5) is 47.8. The fraction of sp³-hybridized carbons (Fsp3) is 0.615. The molecule has 2 N–H and O–H groups in total. The molecule has 0 saturated carbocycles. The molecule has 0 radical (unpaired) electrons. The van der Waals surface area contributed by atoms with Crippen LogP contribution in [0.25, 0.3) is 0 Å². The summed E-state index contributed by atoms with van der Waals surface area (Å²) in [5.41, 5.74) is 0.473. The molecule has 0 bridgehead atoms. The number of benzene rings is 1. The highest BCUT2D eigenvalue weighted by molar-refractivity contribution is 5.74. The van der Waals surface area contributed by atoms with Gasteiger partial charge in [-0.1, -0.05) is 47.6 Å². The van der Waals surface area contributed by atoms with Crippen molar-refractivity contribution in [3.05, 3.63) is 23.8 Å². The molecule has 0 amide bonds. The molecule has 0 aliphatic heterocycles. The van der Waals surface area contributed by atoms with Crippen molar-refractivity contribution in [2.75, 3.05) is 19.8 Å². The van der Waals surface area contributed by atoms with Gasteiger partial charge in [0.05, 0.1) is 19.1 Å². The molecule has 2 atom stereocenters. The van der Waals surface area contributed by atoms with Crippen LogP contribution in [-0.2, 0) is 30.2 Å². The third kappa shape index (κ3) is 13.0. The molecule has 1 rings (SSSR count). The van der Waals surface area contributed by atoms with E-state index >= 15 is 0 Å². The van der Waals surface area contributed by atoms with E-state index in [1.165, 1.54) is 18.2 Å². The fourth-order valence-electron chi connectivity index (χ4n) is 2.72. The zero-order valence-electron chi connectivity index (χ0n) is 22.6. The van der Waals surface area contributed by atoms with Gasteiger partial charge in [0.1, 0.15) is 12.1 Å². The van der Waals surface area contributed by atoms with Gasteiger partial charge in [0.15, 0.2) is 11.5 Å². The van der Waals surface area contributed by atoms with E-state index in [2.05, 4.69) is 5.32 Å². The number of hydrogen-bond donors (Lipinski definition) is 2. The summed E-state index contributed by atoms with van der Waals surface area (Å²) < 4.78 is 25.7. The maximum absolute atomic E-state index is 12.2. The second-order valence-electron chi connectivity index (χ2n) is 9.80. The van der Waals surface area contributed by atoms with Crippen LogP contribution < -0.4 is 14.8 Å². The maximum atomic E-state index is 12.2. The molecule has 1 unspecified atom stereocenters. The molecule has 37 heavy (non-hydrogen) atoms. The van der Waals surface area contributed by atoms with Crippen LogP contribution >= 0.6 is 0 Å². The molecule has 0 fully saturated rings. The third-order valence-electron chi connectivity index (χ3n) is 4.64. The van der Waals surface area contributed by atoms with Crippen molar-refractivity contribution in [1.29, 1.82) is 0 Å². The van der Waals surface area contributed by atoms with Crippen molar-refractivity contribution in [3.63, 3.8) is 0 Å². The van der Waals surface area contributed by atoms with Gasteiger partial charge in [-0.25, -0.2) is 9.59 Å². The lowest BCUT2D eigenvalue weighted by Gasteiger charge is -2.20. The molecule has 0 aliphatic rings. The summed E-state index contributed by atoms with van der Waals surface area (Å²) in [6, 6.07) is 3.27. The summed E-state index contributed by atoms with van der Waals surface area (Å²) in [6.45, 7) is 12.9. The Morgan fingerprint density at radius 1 is 0.838 bits per heavy atom. The largest absolute Gasteiger partial charge is 0.513 e. The first-order chi connectivity index (χ1) is 17.3.